The number of ether oxygens (including phenoxy) is 3. The van der Waals surface area contributed by atoms with Crippen LogP contribution in [0.4, 0.5) is 0 Å². The predicted molar refractivity (Wildman–Crippen MR) is 330 cm³/mol. The molecule has 0 aliphatic heterocycles. The largest absolute Gasteiger partial charge is 0.462 e. The van der Waals surface area contributed by atoms with Gasteiger partial charge < -0.3 is 14.2 Å². The zero-order valence-corrected chi connectivity index (χ0v) is 50.3. The van der Waals surface area contributed by atoms with Crippen molar-refractivity contribution in [2.75, 3.05) is 13.2 Å². The third-order valence-corrected chi connectivity index (χ3v) is 14.2. The van der Waals surface area contributed by atoms with Crippen molar-refractivity contribution in [3.8, 4) is 0 Å². The summed E-state index contributed by atoms with van der Waals surface area (Å²) in [4.78, 5) is 38.1. The van der Waals surface area contributed by atoms with Gasteiger partial charge in [0.1, 0.15) is 13.2 Å². The summed E-state index contributed by atoms with van der Waals surface area (Å²) in [6, 6.07) is 0. The minimum Gasteiger partial charge on any atom is -0.462 e. The van der Waals surface area contributed by atoms with Gasteiger partial charge in [-0.25, -0.2) is 0 Å². The van der Waals surface area contributed by atoms with Gasteiger partial charge in [-0.3, -0.25) is 14.4 Å². The number of carbonyl (C=O) groups excluding carboxylic acids is 3. The molecule has 0 radical (unpaired) electrons. The Bertz CT molecular complexity index is 1450. The van der Waals surface area contributed by atoms with E-state index in [1.807, 2.05) is 12.2 Å². The first-order valence-electron chi connectivity index (χ1n) is 32.6. The summed E-state index contributed by atoms with van der Waals surface area (Å²) in [5.74, 6) is -1.02. The van der Waals surface area contributed by atoms with Crippen molar-refractivity contribution >= 4 is 17.9 Å². The molecule has 0 aliphatic carbocycles. The Morgan fingerprint density at radius 3 is 0.855 bits per heavy atom. The first kappa shape index (κ1) is 72.6. The number of esters is 3. The van der Waals surface area contributed by atoms with Gasteiger partial charge in [-0.2, -0.15) is 0 Å². The van der Waals surface area contributed by atoms with Gasteiger partial charge in [0.2, 0.25) is 0 Å². The Kier molecular flexibility index (Phi) is 61.2. The Morgan fingerprint density at radius 2 is 0.539 bits per heavy atom. The Morgan fingerprint density at radius 1 is 0.276 bits per heavy atom. The molecule has 438 valence electrons. The van der Waals surface area contributed by atoms with Crippen molar-refractivity contribution in [3.63, 3.8) is 0 Å². The van der Waals surface area contributed by atoms with E-state index < -0.39 is 12.1 Å². The molecule has 0 N–H and O–H groups in total. The van der Waals surface area contributed by atoms with Crippen LogP contribution in [-0.4, -0.2) is 37.2 Å². The van der Waals surface area contributed by atoms with Gasteiger partial charge in [-0.05, 0) is 77.0 Å². The quantitative estimate of drug-likeness (QED) is 0.0261. The summed E-state index contributed by atoms with van der Waals surface area (Å²) in [6.07, 6.45) is 85.1. The highest BCUT2D eigenvalue weighted by Gasteiger charge is 2.19. The number of allylic oxidation sites excluding steroid dienone is 14. The van der Waals surface area contributed by atoms with Crippen molar-refractivity contribution in [3.05, 3.63) is 85.1 Å². The maximum absolute atomic E-state index is 12.8. The van der Waals surface area contributed by atoms with Crippen LogP contribution in [0.1, 0.15) is 323 Å². The summed E-state index contributed by atoms with van der Waals surface area (Å²) in [5, 5.41) is 0. The number of hydrogen-bond acceptors (Lipinski definition) is 6. The Balaban J connectivity index is 4.13. The molecule has 0 aromatic heterocycles. The SMILES string of the molecule is CC/C=C\C/C=C\C/C=C\C/C=C\CCC(=O)OC(COC(=O)CCCCC/C=C\C/C=C\C/C=C\CC)COC(=O)CCCCCCCCCCCCCCCCCCCCCCCCCCCCCCCCCC. The van der Waals surface area contributed by atoms with E-state index >= 15 is 0 Å². The molecule has 0 aliphatic rings. The van der Waals surface area contributed by atoms with Gasteiger partial charge in [0.25, 0.3) is 0 Å². The molecule has 0 bridgehead atoms. The fourth-order valence-corrected chi connectivity index (χ4v) is 9.36. The van der Waals surface area contributed by atoms with E-state index in [1.165, 1.54) is 186 Å². The van der Waals surface area contributed by atoms with Crippen LogP contribution in [0.3, 0.4) is 0 Å². The van der Waals surface area contributed by atoms with Crippen LogP contribution >= 0.6 is 0 Å². The first-order chi connectivity index (χ1) is 37.5. The zero-order chi connectivity index (χ0) is 55.0. The van der Waals surface area contributed by atoms with Crippen molar-refractivity contribution in [2.24, 2.45) is 0 Å². The van der Waals surface area contributed by atoms with E-state index in [0.29, 0.717) is 19.3 Å². The summed E-state index contributed by atoms with van der Waals surface area (Å²) in [7, 11) is 0. The Labute approximate surface area is 471 Å². The normalized spacial score (nSPS) is 12.6. The average molecular weight is 1060 g/mol. The van der Waals surface area contributed by atoms with E-state index in [-0.39, 0.29) is 31.6 Å². The highest BCUT2D eigenvalue weighted by molar-refractivity contribution is 5.71. The molecular formula is C70H122O6. The average Bonchev–Trinajstić information content (AvgIpc) is 3.42. The molecule has 0 amide bonds. The number of hydrogen-bond donors (Lipinski definition) is 0. The standard InChI is InChI=1S/C70H122O6/c1-4-7-10-13-16-19-22-25-26-27-28-29-30-31-32-33-34-35-36-37-38-39-40-41-42-43-46-48-51-54-57-60-63-69(72)75-66-67(76-70(73)64-61-58-55-52-49-45-24-21-18-15-12-9-6-3)65-74-68(71)62-59-56-53-50-47-44-23-20-17-14-11-8-5-2/h8-9,11-12,17-18,20-21,44-45,47,49,55,58,67H,4-7,10,13-16,19,22-43,46,48,50-54,56-57,59-66H2,1-3H3/b11-8-,12-9-,20-17-,21-18-,47-44-,49-45-,58-55-. The fourth-order valence-electron chi connectivity index (χ4n) is 9.36. The number of rotatable bonds is 59. The Hall–Kier alpha value is -3.41. The minimum absolute atomic E-state index is 0.113. The van der Waals surface area contributed by atoms with Crippen molar-refractivity contribution < 1.29 is 28.6 Å². The summed E-state index contributed by atoms with van der Waals surface area (Å²) >= 11 is 0. The van der Waals surface area contributed by atoms with Gasteiger partial charge in [-0.15, -0.1) is 0 Å². The maximum Gasteiger partial charge on any atom is 0.306 e. The second-order valence-electron chi connectivity index (χ2n) is 21.6. The molecule has 0 aromatic carbocycles. The zero-order valence-electron chi connectivity index (χ0n) is 50.3. The lowest BCUT2D eigenvalue weighted by Gasteiger charge is -2.18. The molecule has 76 heavy (non-hydrogen) atoms. The molecule has 0 saturated heterocycles. The van der Waals surface area contributed by atoms with Gasteiger partial charge in [0, 0.05) is 19.3 Å². The van der Waals surface area contributed by atoms with Crippen LogP contribution in [0.5, 0.6) is 0 Å². The number of unbranched alkanes of at least 4 members (excludes halogenated alkanes) is 34. The highest BCUT2D eigenvalue weighted by atomic mass is 16.6. The van der Waals surface area contributed by atoms with E-state index in [1.54, 1.807) is 0 Å². The van der Waals surface area contributed by atoms with Crippen LogP contribution in [0.15, 0.2) is 85.1 Å². The molecule has 1 atom stereocenters. The molecule has 0 aromatic rings. The molecule has 1 unspecified atom stereocenters. The highest BCUT2D eigenvalue weighted by Crippen LogP contribution is 2.18. The fraction of sp³-hybridized carbons (Fsp3) is 0.757. The molecule has 6 heteroatoms. The van der Waals surface area contributed by atoms with Crippen LogP contribution in [-0.2, 0) is 28.6 Å². The van der Waals surface area contributed by atoms with Crippen LogP contribution in [0.25, 0.3) is 0 Å². The van der Waals surface area contributed by atoms with Crippen molar-refractivity contribution in [1.82, 2.24) is 0 Å². The van der Waals surface area contributed by atoms with Crippen LogP contribution < -0.4 is 0 Å². The first-order valence-corrected chi connectivity index (χ1v) is 32.6. The van der Waals surface area contributed by atoms with Crippen LogP contribution in [0.2, 0.25) is 0 Å². The topological polar surface area (TPSA) is 78.9 Å². The molecular weight excluding hydrogens is 937 g/mol. The van der Waals surface area contributed by atoms with Gasteiger partial charge in [0.05, 0.1) is 0 Å². The van der Waals surface area contributed by atoms with E-state index in [9.17, 15) is 14.4 Å². The van der Waals surface area contributed by atoms with Gasteiger partial charge >= 0.3 is 17.9 Å². The summed E-state index contributed by atoms with van der Waals surface area (Å²) in [5.41, 5.74) is 0. The monoisotopic (exact) mass is 1060 g/mol. The molecule has 0 heterocycles. The molecule has 0 saturated carbocycles. The molecule has 0 spiro atoms. The molecule has 0 rings (SSSR count). The number of carbonyl (C=O) groups is 3. The van der Waals surface area contributed by atoms with E-state index in [2.05, 4.69) is 93.7 Å². The predicted octanol–water partition coefficient (Wildman–Crippen LogP) is 22.3. The lowest BCUT2D eigenvalue weighted by molar-refractivity contribution is -0.166. The summed E-state index contributed by atoms with van der Waals surface area (Å²) in [6.45, 7) is 6.35. The molecule has 6 nitrogen and oxygen atoms in total. The molecule has 0 fully saturated rings. The third-order valence-electron chi connectivity index (χ3n) is 14.2. The maximum atomic E-state index is 12.8. The van der Waals surface area contributed by atoms with Gasteiger partial charge in [-0.1, -0.05) is 311 Å². The second-order valence-corrected chi connectivity index (χ2v) is 21.6. The third kappa shape index (κ3) is 61.4. The minimum atomic E-state index is -0.826. The van der Waals surface area contributed by atoms with Crippen molar-refractivity contribution in [2.45, 2.75) is 329 Å². The van der Waals surface area contributed by atoms with Gasteiger partial charge in [0.15, 0.2) is 6.10 Å². The lowest BCUT2D eigenvalue weighted by Crippen LogP contribution is -2.30. The second kappa shape index (κ2) is 64.1. The smallest absolute Gasteiger partial charge is 0.306 e. The van der Waals surface area contributed by atoms with Crippen molar-refractivity contribution in [1.29, 1.82) is 0 Å². The summed E-state index contributed by atoms with van der Waals surface area (Å²) < 4.78 is 16.8. The van der Waals surface area contributed by atoms with Crippen LogP contribution in [0, 0.1) is 0 Å². The van der Waals surface area contributed by atoms with E-state index in [0.717, 1.165) is 89.9 Å². The van der Waals surface area contributed by atoms with E-state index in [4.69, 9.17) is 14.2 Å². The lowest BCUT2D eigenvalue weighted by atomic mass is 10.0.